The molecule has 2 amide bonds. The zero-order chi connectivity index (χ0) is 24.6. The van der Waals surface area contributed by atoms with E-state index in [1.807, 2.05) is 17.0 Å². The number of hydrogen-bond acceptors (Lipinski definition) is 4. The Labute approximate surface area is 208 Å². The van der Waals surface area contributed by atoms with Crippen LogP contribution in [0.1, 0.15) is 60.9 Å². The van der Waals surface area contributed by atoms with Gasteiger partial charge in [-0.25, -0.2) is 9.59 Å². The number of anilines is 1. The van der Waals surface area contributed by atoms with Gasteiger partial charge in [0.1, 0.15) is 0 Å². The minimum Gasteiger partial charge on any atom is -0.465 e. The molecule has 6 heteroatoms. The van der Waals surface area contributed by atoms with Crippen molar-refractivity contribution in [2.24, 2.45) is 5.92 Å². The number of hydrogen-bond donors (Lipinski definition) is 0. The predicted molar refractivity (Wildman–Crippen MR) is 138 cm³/mol. The first-order valence-corrected chi connectivity index (χ1v) is 12.9. The molecule has 6 nitrogen and oxygen atoms in total. The molecule has 0 bridgehead atoms. The van der Waals surface area contributed by atoms with Gasteiger partial charge in [-0.3, -0.25) is 9.80 Å². The molecule has 1 saturated heterocycles. The second kappa shape index (κ2) is 9.30. The van der Waals surface area contributed by atoms with Crippen LogP contribution < -0.4 is 4.90 Å². The van der Waals surface area contributed by atoms with Gasteiger partial charge in [-0.1, -0.05) is 36.8 Å². The van der Waals surface area contributed by atoms with Crippen molar-refractivity contribution in [2.45, 2.75) is 56.0 Å². The minimum atomic E-state index is -0.361. The normalized spacial score (nSPS) is 26.9. The Morgan fingerprint density at radius 3 is 2.20 bits per heavy atom. The van der Waals surface area contributed by atoms with Gasteiger partial charge in [0.2, 0.25) is 0 Å². The fourth-order valence-electron chi connectivity index (χ4n) is 6.40. The van der Waals surface area contributed by atoms with Crippen molar-refractivity contribution in [3.05, 3.63) is 65.7 Å². The van der Waals surface area contributed by atoms with Crippen LogP contribution in [0.25, 0.3) is 0 Å². The molecule has 0 unspecified atom stereocenters. The van der Waals surface area contributed by atoms with Crippen LogP contribution in [0.15, 0.2) is 54.6 Å². The van der Waals surface area contributed by atoms with Crippen LogP contribution in [0.2, 0.25) is 0 Å². The highest BCUT2D eigenvalue weighted by atomic mass is 16.5. The second-order valence-electron chi connectivity index (χ2n) is 10.8. The number of methoxy groups -OCH3 is 1. The quantitative estimate of drug-likeness (QED) is 0.533. The van der Waals surface area contributed by atoms with E-state index in [4.69, 9.17) is 4.74 Å². The summed E-state index contributed by atoms with van der Waals surface area (Å²) in [6, 6.07) is 18.2. The van der Waals surface area contributed by atoms with Gasteiger partial charge >= 0.3 is 12.0 Å². The lowest BCUT2D eigenvalue weighted by molar-refractivity contribution is 0.0172. The molecule has 2 saturated carbocycles. The van der Waals surface area contributed by atoms with E-state index in [1.165, 1.54) is 31.9 Å². The maximum absolute atomic E-state index is 13.8. The third-order valence-corrected chi connectivity index (χ3v) is 8.93. The molecule has 0 N–H and O–H groups in total. The standard InChI is InChI=1S/C29H37N3O3/c1-30(2)29(24-10-5-4-6-11-24)18-16-28(17-19-29)21-31(27(34)32(28)20-22-8-7-9-22)25-14-12-23(13-15-25)26(33)35-3/h4-6,10-15,22H,7-9,16-21H2,1-3H3/t28-,29+. The lowest BCUT2D eigenvalue weighted by atomic mass is 9.68. The van der Waals surface area contributed by atoms with Gasteiger partial charge in [0, 0.05) is 17.8 Å². The maximum Gasteiger partial charge on any atom is 0.337 e. The minimum absolute atomic E-state index is 0.00667. The Kier molecular flexibility index (Phi) is 6.34. The number of urea groups is 1. The summed E-state index contributed by atoms with van der Waals surface area (Å²) in [4.78, 5) is 32.3. The molecular weight excluding hydrogens is 438 g/mol. The highest BCUT2D eigenvalue weighted by Crippen LogP contribution is 2.50. The molecule has 1 aliphatic heterocycles. The topological polar surface area (TPSA) is 53.1 Å². The maximum atomic E-state index is 13.8. The highest BCUT2D eigenvalue weighted by molar-refractivity contribution is 5.96. The van der Waals surface area contributed by atoms with Gasteiger partial charge in [-0.15, -0.1) is 0 Å². The summed E-state index contributed by atoms with van der Waals surface area (Å²) < 4.78 is 4.84. The highest BCUT2D eigenvalue weighted by Gasteiger charge is 2.55. The van der Waals surface area contributed by atoms with E-state index < -0.39 is 0 Å². The van der Waals surface area contributed by atoms with Gasteiger partial charge < -0.3 is 9.64 Å². The summed E-state index contributed by atoms with van der Waals surface area (Å²) in [5.74, 6) is 0.257. The summed E-state index contributed by atoms with van der Waals surface area (Å²) in [5, 5.41) is 0. The molecule has 3 fully saturated rings. The Morgan fingerprint density at radius 2 is 1.66 bits per heavy atom. The first kappa shape index (κ1) is 23.9. The molecule has 1 heterocycles. The van der Waals surface area contributed by atoms with Crippen molar-refractivity contribution in [1.29, 1.82) is 0 Å². The number of ether oxygens (including phenoxy) is 1. The van der Waals surface area contributed by atoms with E-state index in [2.05, 4.69) is 54.2 Å². The molecule has 0 aromatic heterocycles. The number of nitrogens with zero attached hydrogens (tertiary/aromatic N) is 3. The Balaban J connectivity index is 1.43. The van der Waals surface area contributed by atoms with Crippen molar-refractivity contribution < 1.29 is 14.3 Å². The van der Waals surface area contributed by atoms with Crippen molar-refractivity contribution in [1.82, 2.24) is 9.80 Å². The fourth-order valence-corrected chi connectivity index (χ4v) is 6.40. The zero-order valence-electron chi connectivity index (χ0n) is 21.2. The number of amides is 2. The molecule has 1 spiro atoms. The van der Waals surface area contributed by atoms with E-state index in [0.29, 0.717) is 18.0 Å². The van der Waals surface area contributed by atoms with Crippen molar-refractivity contribution >= 4 is 17.7 Å². The van der Waals surface area contributed by atoms with Gasteiger partial charge in [0.25, 0.3) is 0 Å². The van der Waals surface area contributed by atoms with Crippen LogP contribution in [0.3, 0.4) is 0 Å². The molecule has 2 aromatic rings. The van der Waals surface area contributed by atoms with E-state index in [1.54, 1.807) is 12.1 Å². The molecule has 2 aromatic carbocycles. The fraction of sp³-hybridized carbons (Fsp3) is 0.517. The molecule has 35 heavy (non-hydrogen) atoms. The monoisotopic (exact) mass is 475 g/mol. The van der Waals surface area contributed by atoms with Crippen molar-refractivity contribution in [3.63, 3.8) is 0 Å². The third kappa shape index (κ3) is 4.12. The smallest absolute Gasteiger partial charge is 0.337 e. The second-order valence-corrected chi connectivity index (χ2v) is 10.8. The van der Waals surface area contributed by atoms with Gasteiger partial charge in [-0.05, 0) is 88.4 Å². The van der Waals surface area contributed by atoms with E-state index >= 15 is 0 Å². The van der Waals surface area contributed by atoms with Crippen LogP contribution in [0.4, 0.5) is 10.5 Å². The van der Waals surface area contributed by atoms with E-state index in [9.17, 15) is 9.59 Å². The summed E-state index contributed by atoms with van der Waals surface area (Å²) in [7, 11) is 5.76. The van der Waals surface area contributed by atoms with Gasteiger partial charge in [0.05, 0.1) is 24.8 Å². The number of esters is 1. The summed E-state index contributed by atoms with van der Waals surface area (Å²) >= 11 is 0. The summed E-state index contributed by atoms with van der Waals surface area (Å²) in [5.41, 5.74) is 2.56. The van der Waals surface area contributed by atoms with Crippen LogP contribution in [0.5, 0.6) is 0 Å². The lowest BCUT2D eigenvalue weighted by Crippen LogP contribution is -2.56. The summed E-state index contributed by atoms with van der Waals surface area (Å²) in [6.07, 6.45) is 7.72. The third-order valence-electron chi connectivity index (χ3n) is 8.93. The SMILES string of the molecule is COC(=O)c1ccc(N2C[C@]3(CC[C@](c4ccccc4)(N(C)C)CC3)N(CC3CCC3)C2=O)cc1. The molecule has 2 aliphatic carbocycles. The van der Waals surface area contributed by atoms with Crippen LogP contribution in [0, 0.1) is 5.92 Å². The van der Waals surface area contributed by atoms with Gasteiger partial charge in [0.15, 0.2) is 0 Å². The van der Waals surface area contributed by atoms with Crippen LogP contribution >= 0.6 is 0 Å². The van der Waals surface area contributed by atoms with Crippen LogP contribution in [-0.2, 0) is 10.3 Å². The molecule has 0 atom stereocenters. The summed E-state index contributed by atoms with van der Waals surface area (Å²) in [6.45, 7) is 1.56. The average molecular weight is 476 g/mol. The number of carbonyl (C=O) groups excluding carboxylic acids is 2. The van der Waals surface area contributed by atoms with E-state index in [-0.39, 0.29) is 23.1 Å². The van der Waals surface area contributed by atoms with Gasteiger partial charge in [-0.2, -0.15) is 0 Å². The average Bonchev–Trinajstić information content (AvgIpc) is 3.12. The van der Waals surface area contributed by atoms with E-state index in [0.717, 1.165) is 37.9 Å². The zero-order valence-corrected chi connectivity index (χ0v) is 21.2. The molecule has 5 rings (SSSR count). The largest absolute Gasteiger partial charge is 0.465 e. The first-order valence-electron chi connectivity index (χ1n) is 12.9. The van der Waals surface area contributed by atoms with Crippen molar-refractivity contribution in [3.8, 4) is 0 Å². The molecule has 186 valence electrons. The molecule has 3 aliphatic rings. The van der Waals surface area contributed by atoms with Crippen molar-refractivity contribution in [2.75, 3.05) is 39.2 Å². The number of rotatable bonds is 6. The Bertz CT molecular complexity index is 1050. The van der Waals surface area contributed by atoms with Crippen LogP contribution in [-0.4, -0.2) is 61.6 Å². The molecule has 0 radical (unpaired) electrons. The lowest BCUT2D eigenvalue weighted by Gasteiger charge is -2.51. The number of benzene rings is 2. The Morgan fingerprint density at radius 1 is 1.00 bits per heavy atom. The Hall–Kier alpha value is -2.86. The first-order chi connectivity index (χ1) is 16.9. The molecular formula is C29H37N3O3. The number of carbonyl (C=O) groups is 2. The predicted octanol–water partition coefficient (Wildman–Crippen LogP) is 5.29.